The van der Waals surface area contributed by atoms with Gasteiger partial charge in [-0.25, -0.2) is 0 Å². The summed E-state index contributed by atoms with van der Waals surface area (Å²) in [6.45, 7) is 3.60. The van der Waals surface area contributed by atoms with Crippen LogP contribution in [0.15, 0.2) is 12.2 Å². The average molecular weight is 526 g/mol. The van der Waals surface area contributed by atoms with E-state index < -0.39 is 6.25 Å². The van der Waals surface area contributed by atoms with E-state index in [0.29, 0.717) is 24.4 Å². The molecule has 32 heavy (non-hydrogen) atoms. The van der Waals surface area contributed by atoms with Crippen molar-refractivity contribution in [1.82, 2.24) is 0 Å². The van der Waals surface area contributed by atoms with Gasteiger partial charge in [-0.1, -0.05) is 78.3 Å². The third-order valence-corrected chi connectivity index (χ3v) is 8.64. The molecule has 0 aromatic carbocycles. The second-order valence-electron chi connectivity index (χ2n) is 9.74. The van der Waals surface area contributed by atoms with E-state index in [1.807, 2.05) is 6.08 Å². The minimum Gasteiger partial charge on any atom is -0.381 e. The molecule has 0 radical (unpaired) electrons. The van der Waals surface area contributed by atoms with Gasteiger partial charge in [-0.3, -0.25) is 4.79 Å². The molecule has 0 aromatic rings. The molecule has 0 saturated heterocycles. The first-order valence-electron chi connectivity index (χ1n) is 12.9. The van der Waals surface area contributed by atoms with Crippen molar-refractivity contribution in [2.24, 2.45) is 17.8 Å². The number of ketones is 1. The fourth-order valence-electron chi connectivity index (χ4n) is 5.04. The number of carbonyl (C=O) groups excluding carboxylic acids is 1. The van der Waals surface area contributed by atoms with Crippen LogP contribution in [0.4, 0.5) is 0 Å². The lowest BCUT2D eigenvalue weighted by molar-refractivity contribution is -0.120. The molecule has 0 aromatic heterocycles. The zero-order valence-electron chi connectivity index (χ0n) is 19.8. The van der Waals surface area contributed by atoms with Crippen molar-refractivity contribution in [2.45, 2.75) is 109 Å². The van der Waals surface area contributed by atoms with Crippen LogP contribution in [0.3, 0.4) is 0 Å². The third-order valence-electron chi connectivity index (χ3n) is 7.12. The molecule has 186 valence electrons. The van der Waals surface area contributed by atoms with E-state index in [4.69, 9.17) is 42.4 Å². The topological polar surface area (TPSA) is 35.5 Å². The molecule has 2 saturated carbocycles. The maximum Gasteiger partial charge on any atom is 0.493 e. The van der Waals surface area contributed by atoms with E-state index in [1.165, 1.54) is 44.9 Å². The minimum absolute atomic E-state index is 0.202. The molecule has 0 N–H and O–H groups in total. The van der Waals surface area contributed by atoms with Gasteiger partial charge in [0.2, 0.25) is 0 Å². The normalized spacial score (nSPS) is 27.1. The molecular formula is C25H43Cl3O3Si. The van der Waals surface area contributed by atoms with Gasteiger partial charge in [0.25, 0.3) is 0 Å². The van der Waals surface area contributed by atoms with Crippen molar-refractivity contribution < 1.29 is 14.0 Å². The summed E-state index contributed by atoms with van der Waals surface area (Å²) in [6, 6.07) is 0. The first kappa shape index (κ1) is 28.7. The fraction of sp³-hybridized carbons (Fsp3) is 0.880. The summed E-state index contributed by atoms with van der Waals surface area (Å²) in [6.07, 6.45) is 18.9. The Labute approximate surface area is 211 Å². The largest absolute Gasteiger partial charge is 0.493 e. The molecular weight excluding hydrogens is 483 g/mol. The number of unbranched alkanes of at least 4 members (excludes halogenated alkanes) is 4. The molecule has 2 aliphatic carbocycles. The van der Waals surface area contributed by atoms with E-state index in [9.17, 15) is 4.79 Å². The van der Waals surface area contributed by atoms with E-state index >= 15 is 0 Å². The predicted octanol–water partition coefficient (Wildman–Crippen LogP) is 8.41. The van der Waals surface area contributed by atoms with Crippen LogP contribution in [-0.4, -0.2) is 31.3 Å². The lowest BCUT2D eigenvalue weighted by Crippen LogP contribution is -2.26. The molecule has 2 aliphatic rings. The van der Waals surface area contributed by atoms with Crippen molar-refractivity contribution in [2.75, 3.05) is 13.2 Å². The number of allylic oxidation sites excluding steroid dienone is 2. The van der Waals surface area contributed by atoms with Crippen LogP contribution in [0.5, 0.6) is 0 Å². The highest BCUT2D eigenvalue weighted by atomic mass is 35.8. The van der Waals surface area contributed by atoms with Crippen LogP contribution in [0.25, 0.3) is 0 Å². The van der Waals surface area contributed by atoms with Gasteiger partial charge in [-0.05, 0) is 82.1 Å². The summed E-state index contributed by atoms with van der Waals surface area (Å²) in [5.74, 6) is 2.09. The van der Waals surface area contributed by atoms with Crippen LogP contribution in [0.2, 0.25) is 0 Å². The van der Waals surface area contributed by atoms with Crippen molar-refractivity contribution >= 4 is 45.3 Å². The summed E-state index contributed by atoms with van der Waals surface area (Å²) in [5.41, 5.74) is 0. The zero-order chi connectivity index (χ0) is 23.2. The molecule has 2 rings (SSSR count). The minimum atomic E-state index is -2.93. The van der Waals surface area contributed by atoms with Crippen molar-refractivity contribution in [3.05, 3.63) is 12.2 Å². The molecule has 0 aliphatic heterocycles. The summed E-state index contributed by atoms with van der Waals surface area (Å²) >= 11 is 17.1. The number of hydrogen-bond acceptors (Lipinski definition) is 3. The summed E-state index contributed by atoms with van der Waals surface area (Å²) in [4.78, 5) is 12.6. The highest BCUT2D eigenvalue weighted by Crippen LogP contribution is 2.33. The fourth-order valence-corrected chi connectivity index (χ4v) is 6.11. The smallest absolute Gasteiger partial charge is 0.381 e. The van der Waals surface area contributed by atoms with E-state index in [-0.39, 0.29) is 5.92 Å². The highest BCUT2D eigenvalue weighted by molar-refractivity contribution is 7.62. The van der Waals surface area contributed by atoms with Crippen LogP contribution in [0.1, 0.15) is 103 Å². The molecule has 3 nitrogen and oxygen atoms in total. The van der Waals surface area contributed by atoms with E-state index in [1.54, 1.807) is 0 Å². The van der Waals surface area contributed by atoms with Gasteiger partial charge in [-0.15, -0.1) is 0 Å². The Morgan fingerprint density at radius 2 is 1.53 bits per heavy atom. The Morgan fingerprint density at radius 3 is 2.16 bits per heavy atom. The molecule has 0 heterocycles. The summed E-state index contributed by atoms with van der Waals surface area (Å²) in [5, 5.41) is 0. The molecule has 2 fully saturated rings. The molecule has 7 heteroatoms. The zero-order valence-corrected chi connectivity index (χ0v) is 23.1. The number of hydrogen-bond donors (Lipinski definition) is 0. The molecule has 0 unspecified atom stereocenters. The lowest BCUT2D eigenvalue weighted by Gasteiger charge is -2.28. The Balaban J connectivity index is 1.49. The quantitative estimate of drug-likeness (QED) is 0.0931. The van der Waals surface area contributed by atoms with Gasteiger partial charge in [0, 0.05) is 19.1 Å². The Kier molecular flexibility index (Phi) is 14.5. The molecule has 0 spiro atoms. The Morgan fingerprint density at radius 1 is 0.875 bits per heavy atom. The van der Waals surface area contributed by atoms with Gasteiger partial charge in [-0.2, -0.15) is 0 Å². The maximum absolute atomic E-state index is 12.6. The molecule has 0 bridgehead atoms. The van der Waals surface area contributed by atoms with Crippen LogP contribution in [0, 0.1) is 17.8 Å². The van der Waals surface area contributed by atoms with Crippen molar-refractivity contribution in [3.63, 3.8) is 0 Å². The standard InChI is InChI=1S/C25H43Cl3O3Si/c1-2-3-8-21-9-11-22(12-10-21)13-18-25(29)23-14-16-24(17-15-23)30-19-6-4-5-7-20-31-32(26,27)28/h13,18,21-24H,2-12,14-17,19-20H2,1H3. The summed E-state index contributed by atoms with van der Waals surface area (Å²) in [7, 11) is 0. The first-order valence-corrected chi connectivity index (χ1v) is 17.9. The molecule has 0 amide bonds. The number of rotatable bonds is 15. The third kappa shape index (κ3) is 12.8. The second kappa shape index (κ2) is 16.2. The van der Waals surface area contributed by atoms with Crippen LogP contribution < -0.4 is 0 Å². The number of ether oxygens (including phenoxy) is 1. The van der Waals surface area contributed by atoms with Gasteiger partial charge in [0.05, 0.1) is 6.10 Å². The van der Waals surface area contributed by atoms with Crippen LogP contribution >= 0.6 is 33.2 Å². The van der Waals surface area contributed by atoms with Gasteiger partial charge in [0.15, 0.2) is 5.78 Å². The SMILES string of the molecule is CCCCC1CCC(C=CC(=O)C2CCC(OCCCCCCO[Si](Cl)(Cl)Cl)CC2)CC1. The molecule has 0 atom stereocenters. The monoisotopic (exact) mass is 524 g/mol. The highest BCUT2D eigenvalue weighted by Gasteiger charge is 2.27. The van der Waals surface area contributed by atoms with Crippen LogP contribution in [-0.2, 0) is 14.0 Å². The Hall–Kier alpha value is 0.417. The summed E-state index contributed by atoms with van der Waals surface area (Å²) < 4.78 is 11.2. The number of halogens is 3. The van der Waals surface area contributed by atoms with Gasteiger partial charge < -0.3 is 9.16 Å². The van der Waals surface area contributed by atoms with E-state index in [0.717, 1.165) is 63.9 Å². The Bertz CT molecular complexity index is 537. The van der Waals surface area contributed by atoms with Gasteiger partial charge in [0.1, 0.15) is 0 Å². The van der Waals surface area contributed by atoms with Crippen molar-refractivity contribution in [1.29, 1.82) is 0 Å². The lowest BCUT2D eigenvalue weighted by atomic mass is 9.79. The van der Waals surface area contributed by atoms with E-state index in [2.05, 4.69) is 13.0 Å². The predicted molar refractivity (Wildman–Crippen MR) is 139 cm³/mol. The maximum atomic E-state index is 12.6. The average Bonchev–Trinajstić information content (AvgIpc) is 2.78. The number of carbonyl (C=O) groups is 1. The second-order valence-corrected chi connectivity index (χ2v) is 17.4. The van der Waals surface area contributed by atoms with Crippen molar-refractivity contribution in [3.8, 4) is 0 Å². The first-order chi connectivity index (χ1) is 15.4. The van der Waals surface area contributed by atoms with Gasteiger partial charge >= 0.3 is 6.25 Å².